The Kier molecular flexibility index (Phi) is 5.99. The van der Waals surface area contributed by atoms with Crippen molar-refractivity contribution in [1.82, 2.24) is 14.5 Å². The van der Waals surface area contributed by atoms with E-state index in [1.165, 1.54) is 69.5 Å². The SMILES string of the molecule is c1ccc(-c2nc(-n3c4cc5c(cc4c4c6c(ccc7sc8ccccc8c76)ccc43)C(c3ccccc3)c3ccccc3-5)nc3ccccc23)cc1. The van der Waals surface area contributed by atoms with E-state index in [0.29, 0.717) is 5.95 Å². The summed E-state index contributed by atoms with van der Waals surface area (Å²) in [5.74, 6) is 0.818. The molecule has 3 nitrogen and oxygen atoms in total. The van der Waals surface area contributed by atoms with Gasteiger partial charge in [-0.2, -0.15) is 0 Å². The predicted molar refractivity (Wildman–Crippen MR) is 223 cm³/mol. The monoisotopic (exact) mass is 691 g/mol. The van der Waals surface area contributed by atoms with Crippen molar-refractivity contribution in [3.63, 3.8) is 0 Å². The van der Waals surface area contributed by atoms with Gasteiger partial charge in [0, 0.05) is 53.2 Å². The molecular weight excluding hydrogens is 663 g/mol. The molecule has 4 heteroatoms. The van der Waals surface area contributed by atoms with Crippen LogP contribution in [-0.2, 0) is 0 Å². The molecule has 1 atom stereocenters. The van der Waals surface area contributed by atoms with Crippen molar-refractivity contribution < 1.29 is 0 Å². The molecule has 3 aromatic heterocycles. The van der Waals surface area contributed by atoms with E-state index in [9.17, 15) is 0 Å². The van der Waals surface area contributed by atoms with Crippen LogP contribution in [0.5, 0.6) is 0 Å². The summed E-state index contributed by atoms with van der Waals surface area (Å²) in [6.45, 7) is 0. The minimum Gasteiger partial charge on any atom is -0.278 e. The number of aromatic nitrogens is 3. The highest BCUT2D eigenvalue weighted by Crippen LogP contribution is 2.52. The van der Waals surface area contributed by atoms with Gasteiger partial charge in [-0.25, -0.2) is 9.97 Å². The van der Waals surface area contributed by atoms with Crippen LogP contribution in [0.2, 0.25) is 0 Å². The number of hydrogen-bond donors (Lipinski definition) is 0. The van der Waals surface area contributed by atoms with Gasteiger partial charge in [0.05, 0.1) is 22.2 Å². The minimum atomic E-state index is 0.142. The number of benzene rings is 8. The first-order valence-electron chi connectivity index (χ1n) is 18.1. The highest BCUT2D eigenvalue weighted by molar-refractivity contribution is 7.26. The molecule has 0 saturated heterocycles. The van der Waals surface area contributed by atoms with Crippen molar-refractivity contribution in [3.8, 4) is 28.3 Å². The van der Waals surface area contributed by atoms with E-state index < -0.39 is 0 Å². The van der Waals surface area contributed by atoms with Crippen molar-refractivity contribution >= 4 is 75.0 Å². The van der Waals surface area contributed by atoms with Gasteiger partial charge >= 0.3 is 0 Å². The smallest absolute Gasteiger partial charge is 0.235 e. The summed E-state index contributed by atoms with van der Waals surface area (Å²) >= 11 is 1.87. The topological polar surface area (TPSA) is 30.7 Å². The van der Waals surface area contributed by atoms with Gasteiger partial charge in [0.2, 0.25) is 5.95 Å². The molecular formula is C49H29N3S. The lowest BCUT2D eigenvalue weighted by atomic mass is 9.88. The van der Waals surface area contributed by atoms with E-state index in [4.69, 9.17) is 9.97 Å². The summed E-state index contributed by atoms with van der Waals surface area (Å²) in [7, 11) is 0. The molecule has 12 rings (SSSR count). The zero-order chi connectivity index (χ0) is 34.6. The number of fused-ring (bicyclic) bond motifs is 13. The number of nitrogens with zero attached hydrogens (tertiary/aromatic N) is 3. The van der Waals surface area contributed by atoms with Crippen LogP contribution in [0.25, 0.3) is 92.0 Å². The molecule has 8 aromatic carbocycles. The fraction of sp³-hybridized carbons (Fsp3) is 0.0204. The molecule has 11 aromatic rings. The summed E-state index contributed by atoms with van der Waals surface area (Å²) in [4.78, 5) is 10.8. The number of hydrogen-bond acceptors (Lipinski definition) is 3. The average molecular weight is 692 g/mol. The summed E-state index contributed by atoms with van der Waals surface area (Å²) in [5, 5.41) is 8.66. The first-order valence-corrected chi connectivity index (χ1v) is 18.9. The third-order valence-electron chi connectivity index (χ3n) is 11.3. The van der Waals surface area contributed by atoms with Crippen LogP contribution in [0.1, 0.15) is 22.6 Å². The second-order valence-electron chi connectivity index (χ2n) is 14.1. The van der Waals surface area contributed by atoms with E-state index in [-0.39, 0.29) is 5.92 Å². The van der Waals surface area contributed by atoms with E-state index in [0.717, 1.165) is 33.2 Å². The maximum Gasteiger partial charge on any atom is 0.235 e. The number of rotatable bonds is 3. The summed E-state index contributed by atoms with van der Waals surface area (Å²) in [6.07, 6.45) is 0. The zero-order valence-electron chi connectivity index (χ0n) is 28.5. The fourth-order valence-electron chi connectivity index (χ4n) is 9.03. The Hall–Kier alpha value is -6.62. The first kappa shape index (κ1) is 29.0. The molecule has 1 aliphatic carbocycles. The number of thiophene rings is 1. The second-order valence-corrected chi connectivity index (χ2v) is 15.2. The standard InChI is InChI=1S/C49H29N3S/c1-3-13-29(14-4-1)44-33-18-8-7-17-32(33)36-28-41-38(27-37(36)44)46-40(25-23-30-24-26-43-47(45(30)46)35-20-10-12-22-42(35)53-43)52(41)49-50-39-21-11-9-19-34(39)48(51-49)31-15-5-2-6-16-31/h1-28,44H. The van der Waals surface area contributed by atoms with Gasteiger partial charge in [0.1, 0.15) is 0 Å². The predicted octanol–water partition coefficient (Wildman–Crippen LogP) is 13.1. The van der Waals surface area contributed by atoms with Crippen LogP contribution < -0.4 is 0 Å². The van der Waals surface area contributed by atoms with Crippen LogP contribution in [0.3, 0.4) is 0 Å². The molecule has 0 bridgehead atoms. The maximum absolute atomic E-state index is 5.45. The first-order chi connectivity index (χ1) is 26.3. The van der Waals surface area contributed by atoms with Crippen molar-refractivity contribution in [1.29, 1.82) is 0 Å². The van der Waals surface area contributed by atoms with Crippen LogP contribution >= 0.6 is 11.3 Å². The molecule has 0 amide bonds. The van der Waals surface area contributed by atoms with Gasteiger partial charge in [0.15, 0.2) is 0 Å². The third-order valence-corrected chi connectivity index (χ3v) is 12.4. The van der Waals surface area contributed by atoms with Gasteiger partial charge in [-0.3, -0.25) is 4.57 Å². The Labute approximate surface area is 309 Å². The van der Waals surface area contributed by atoms with Gasteiger partial charge in [0.25, 0.3) is 0 Å². The molecule has 1 aliphatic rings. The van der Waals surface area contributed by atoms with E-state index in [1.807, 2.05) is 11.3 Å². The minimum absolute atomic E-state index is 0.142. The highest BCUT2D eigenvalue weighted by Gasteiger charge is 2.32. The molecule has 246 valence electrons. The molecule has 0 aliphatic heterocycles. The normalized spacial score (nSPS) is 13.8. The molecule has 0 spiro atoms. The van der Waals surface area contributed by atoms with Crippen LogP contribution in [0.4, 0.5) is 0 Å². The Morgan fingerprint density at radius 2 is 1.21 bits per heavy atom. The van der Waals surface area contributed by atoms with E-state index in [2.05, 4.69) is 174 Å². The molecule has 0 saturated carbocycles. The van der Waals surface area contributed by atoms with E-state index >= 15 is 0 Å². The van der Waals surface area contributed by atoms with Crippen molar-refractivity contribution in [2.75, 3.05) is 0 Å². The van der Waals surface area contributed by atoms with Gasteiger partial charge in [-0.1, -0.05) is 133 Å². The summed E-state index contributed by atoms with van der Waals surface area (Å²) in [6, 6.07) is 61.7. The van der Waals surface area contributed by atoms with Crippen molar-refractivity contribution in [3.05, 3.63) is 187 Å². The summed E-state index contributed by atoms with van der Waals surface area (Å²) in [5.41, 5.74) is 11.7. The quantitative estimate of drug-likeness (QED) is 0.185. The van der Waals surface area contributed by atoms with Crippen LogP contribution in [0.15, 0.2) is 170 Å². The highest BCUT2D eigenvalue weighted by atomic mass is 32.1. The van der Waals surface area contributed by atoms with Gasteiger partial charge in [-0.15, -0.1) is 11.3 Å². The lowest BCUT2D eigenvalue weighted by Gasteiger charge is -2.15. The second kappa shape index (κ2) is 10.9. The molecule has 0 fully saturated rings. The fourth-order valence-corrected chi connectivity index (χ4v) is 10.1. The zero-order valence-corrected chi connectivity index (χ0v) is 29.3. The lowest BCUT2D eigenvalue weighted by molar-refractivity contribution is 1.01. The Morgan fingerprint density at radius 1 is 0.472 bits per heavy atom. The molecule has 0 radical (unpaired) electrons. The van der Waals surface area contributed by atoms with Gasteiger partial charge < -0.3 is 0 Å². The Balaban J connectivity index is 1.28. The Morgan fingerprint density at radius 3 is 2.09 bits per heavy atom. The van der Waals surface area contributed by atoms with Gasteiger partial charge in [-0.05, 0) is 69.6 Å². The number of para-hydroxylation sites is 1. The molecule has 0 N–H and O–H groups in total. The summed E-state index contributed by atoms with van der Waals surface area (Å²) < 4.78 is 4.94. The maximum atomic E-state index is 5.45. The van der Waals surface area contributed by atoms with Crippen molar-refractivity contribution in [2.24, 2.45) is 0 Å². The largest absolute Gasteiger partial charge is 0.278 e. The molecule has 1 unspecified atom stereocenters. The van der Waals surface area contributed by atoms with Crippen LogP contribution in [-0.4, -0.2) is 14.5 Å². The van der Waals surface area contributed by atoms with Crippen molar-refractivity contribution in [2.45, 2.75) is 5.92 Å². The van der Waals surface area contributed by atoms with Crippen LogP contribution in [0, 0.1) is 0 Å². The third kappa shape index (κ3) is 4.10. The lowest BCUT2D eigenvalue weighted by Crippen LogP contribution is -2.03. The molecule has 53 heavy (non-hydrogen) atoms. The Bertz CT molecular complexity index is 3280. The molecule has 3 heterocycles. The average Bonchev–Trinajstić information content (AvgIpc) is 3.87. The van der Waals surface area contributed by atoms with E-state index in [1.54, 1.807) is 0 Å².